The molecule has 0 atom stereocenters. The van der Waals surface area contributed by atoms with E-state index < -0.39 is 0 Å². The van der Waals surface area contributed by atoms with Crippen LogP contribution >= 0.6 is 27.7 Å². The molecule has 1 heterocycles. The van der Waals surface area contributed by atoms with Gasteiger partial charge in [0.15, 0.2) is 0 Å². The van der Waals surface area contributed by atoms with Crippen LogP contribution in [0, 0.1) is 0 Å². The molecule has 0 spiro atoms. The second-order valence-corrected chi connectivity index (χ2v) is 6.55. The van der Waals surface area contributed by atoms with Gasteiger partial charge in [-0.25, -0.2) is 0 Å². The number of pyridine rings is 1. The number of aromatic nitrogens is 1. The molecule has 0 radical (unpaired) electrons. The lowest BCUT2D eigenvalue weighted by Crippen LogP contribution is -2.43. The van der Waals surface area contributed by atoms with E-state index in [2.05, 4.69) is 38.6 Å². The summed E-state index contributed by atoms with van der Waals surface area (Å²) in [6.45, 7) is 2.02. The molecule has 1 aromatic heterocycles. The standard InChI is InChI=1S/C12H17BrN2S/c1-16-12(3-2-4-12)9-15-7-10-5-11(13)8-14-6-10/h5-6,8,15H,2-4,7,9H2,1H3. The largest absolute Gasteiger partial charge is 0.311 e. The normalized spacial score (nSPS) is 18.1. The van der Waals surface area contributed by atoms with E-state index in [9.17, 15) is 0 Å². The van der Waals surface area contributed by atoms with Gasteiger partial charge in [0.2, 0.25) is 0 Å². The molecule has 88 valence electrons. The topological polar surface area (TPSA) is 24.9 Å². The summed E-state index contributed by atoms with van der Waals surface area (Å²) in [6.07, 6.45) is 10.1. The summed E-state index contributed by atoms with van der Waals surface area (Å²) < 4.78 is 1.56. The Kier molecular flexibility index (Phi) is 4.27. The van der Waals surface area contributed by atoms with Crippen molar-refractivity contribution in [2.45, 2.75) is 30.6 Å². The summed E-state index contributed by atoms with van der Waals surface area (Å²) >= 11 is 5.45. The minimum Gasteiger partial charge on any atom is -0.311 e. The van der Waals surface area contributed by atoms with Crippen molar-refractivity contribution in [3.8, 4) is 0 Å². The number of nitrogens with one attached hydrogen (secondary N) is 1. The number of nitrogens with zero attached hydrogens (tertiary/aromatic N) is 1. The monoisotopic (exact) mass is 300 g/mol. The highest BCUT2D eigenvalue weighted by molar-refractivity contribution is 9.10. The van der Waals surface area contributed by atoms with Gasteiger partial charge in [0, 0.05) is 34.7 Å². The molecule has 0 aliphatic heterocycles. The van der Waals surface area contributed by atoms with E-state index in [1.54, 1.807) is 0 Å². The highest BCUT2D eigenvalue weighted by Gasteiger charge is 2.35. The molecule has 1 aromatic rings. The molecule has 0 aromatic carbocycles. The first-order valence-corrected chi connectivity index (χ1v) is 7.61. The minimum atomic E-state index is 0.513. The molecule has 2 rings (SSSR count). The molecule has 0 saturated heterocycles. The van der Waals surface area contributed by atoms with Crippen LogP contribution in [0.1, 0.15) is 24.8 Å². The number of halogens is 1. The van der Waals surface area contributed by atoms with Gasteiger partial charge in [0.25, 0.3) is 0 Å². The second kappa shape index (κ2) is 5.52. The molecule has 0 amide bonds. The average molecular weight is 301 g/mol. The lowest BCUT2D eigenvalue weighted by atomic mass is 9.84. The summed E-state index contributed by atoms with van der Waals surface area (Å²) in [6, 6.07) is 2.12. The van der Waals surface area contributed by atoms with Crippen LogP contribution in [0.15, 0.2) is 22.9 Å². The Morgan fingerprint density at radius 1 is 1.50 bits per heavy atom. The zero-order valence-corrected chi connectivity index (χ0v) is 11.9. The third-order valence-electron chi connectivity index (χ3n) is 3.24. The van der Waals surface area contributed by atoms with E-state index in [0.717, 1.165) is 17.6 Å². The first-order chi connectivity index (χ1) is 7.74. The fourth-order valence-corrected chi connectivity index (χ4v) is 3.37. The zero-order chi connectivity index (χ0) is 11.4. The van der Waals surface area contributed by atoms with E-state index in [-0.39, 0.29) is 0 Å². The van der Waals surface area contributed by atoms with Gasteiger partial charge in [-0.15, -0.1) is 0 Å². The Morgan fingerprint density at radius 3 is 2.88 bits per heavy atom. The van der Waals surface area contributed by atoms with Gasteiger partial charge in [0.1, 0.15) is 0 Å². The first-order valence-electron chi connectivity index (χ1n) is 5.59. The predicted octanol–water partition coefficient (Wildman–Crippen LogP) is 3.22. The quantitative estimate of drug-likeness (QED) is 0.904. The molecule has 1 aliphatic carbocycles. The Balaban J connectivity index is 1.79. The molecule has 1 saturated carbocycles. The lowest BCUT2D eigenvalue weighted by molar-refractivity contribution is 0.345. The van der Waals surface area contributed by atoms with Crippen molar-refractivity contribution >= 4 is 27.7 Å². The van der Waals surface area contributed by atoms with Crippen molar-refractivity contribution < 1.29 is 0 Å². The zero-order valence-electron chi connectivity index (χ0n) is 9.50. The highest BCUT2D eigenvalue weighted by atomic mass is 79.9. The fraction of sp³-hybridized carbons (Fsp3) is 0.583. The SMILES string of the molecule is CSC1(CNCc2cncc(Br)c2)CCC1. The van der Waals surface area contributed by atoms with E-state index in [1.807, 2.05) is 24.2 Å². The Labute approximate surface area is 110 Å². The Bertz CT molecular complexity index is 347. The molecular weight excluding hydrogens is 284 g/mol. The van der Waals surface area contributed by atoms with Gasteiger partial charge < -0.3 is 5.32 Å². The van der Waals surface area contributed by atoms with Crippen molar-refractivity contribution in [1.82, 2.24) is 10.3 Å². The summed E-state index contributed by atoms with van der Waals surface area (Å²) in [5.74, 6) is 0. The molecule has 1 aliphatic rings. The van der Waals surface area contributed by atoms with Gasteiger partial charge in [-0.05, 0) is 46.7 Å². The van der Waals surface area contributed by atoms with Crippen molar-refractivity contribution in [3.05, 3.63) is 28.5 Å². The van der Waals surface area contributed by atoms with Crippen molar-refractivity contribution in [3.63, 3.8) is 0 Å². The molecule has 2 nitrogen and oxygen atoms in total. The van der Waals surface area contributed by atoms with Crippen LogP contribution in [-0.2, 0) is 6.54 Å². The van der Waals surface area contributed by atoms with E-state index in [0.29, 0.717) is 4.75 Å². The first kappa shape index (κ1) is 12.4. The number of hydrogen-bond donors (Lipinski definition) is 1. The predicted molar refractivity (Wildman–Crippen MR) is 73.7 cm³/mol. The van der Waals surface area contributed by atoms with Gasteiger partial charge in [0.05, 0.1) is 0 Å². The maximum absolute atomic E-state index is 4.16. The van der Waals surface area contributed by atoms with E-state index >= 15 is 0 Å². The van der Waals surface area contributed by atoms with Crippen LogP contribution in [0.3, 0.4) is 0 Å². The number of thioether (sulfide) groups is 1. The van der Waals surface area contributed by atoms with Crippen molar-refractivity contribution in [2.75, 3.05) is 12.8 Å². The summed E-state index contributed by atoms with van der Waals surface area (Å²) in [4.78, 5) is 4.16. The summed E-state index contributed by atoms with van der Waals surface area (Å²) in [5.41, 5.74) is 1.24. The van der Waals surface area contributed by atoms with Crippen LogP contribution < -0.4 is 5.32 Å². The lowest BCUT2D eigenvalue weighted by Gasteiger charge is -2.40. The minimum absolute atomic E-state index is 0.513. The molecular formula is C12H17BrN2S. The van der Waals surface area contributed by atoms with Crippen LogP contribution in [0.2, 0.25) is 0 Å². The Hall–Kier alpha value is -0.0600. The molecule has 1 fully saturated rings. The van der Waals surface area contributed by atoms with Crippen molar-refractivity contribution in [2.24, 2.45) is 0 Å². The number of hydrogen-bond acceptors (Lipinski definition) is 3. The second-order valence-electron chi connectivity index (χ2n) is 4.36. The maximum atomic E-state index is 4.16. The van der Waals surface area contributed by atoms with Gasteiger partial charge in [-0.1, -0.05) is 6.42 Å². The van der Waals surface area contributed by atoms with Gasteiger partial charge in [-0.3, -0.25) is 4.98 Å². The molecule has 4 heteroatoms. The summed E-state index contributed by atoms with van der Waals surface area (Å²) in [5, 5.41) is 3.54. The maximum Gasteiger partial charge on any atom is 0.0410 e. The van der Waals surface area contributed by atoms with Crippen LogP contribution in [0.4, 0.5) is 0 Å². The smallest absolute Gasteiger partial charge is 0.0410 e. The van der Waals surface area contributed by atoms with Crippen molar-refractivity contribution in [1.29, 1.82) is 0 Å². The Morgan fingerprint density at radius 2 is 2.31 bits per heavy atom. The van der Waals surface area contributed by atoms with Crippen LogP contribution in [0.25, 0.3) is 0 Å². The van der Waals surface area contributed by atoms with Crippen LogP contribution in [-0.4, -0.2) is 22.5 Å². The van der Waals surface area contributed by atoms with E-state index in [4.69, 9.17) is 0 Å². The molecule has 0 bridgehead atoms. The van der Waals surface area contributed by atoms with E-state index in [1.165, 1.54) is 24.8 Å². The highest BCUT2D eigenvalue weighted by Crippen LogP contribution is 2.42. The molecule has 1 N–H and O–H groups in total. The molecule has 16 heavy (non-hydrogen) atoms. The fourth-order valence-electron chi connectivity index (χ4n) is 2.01. The van der Waals surface area contributed by atoms with Crippen LogP contribution in [0.5, 0.6) is 0 Å². The third kappa shape index (κ3) is 2.99. The number of rotatable bonds is 5. The average Bonchev–Trinajstić information content (AvgIpc) is 2.22. The summed E-state index contributed by atoms with van der Waals surface area (Å²) in [7, 11) is 0. The van der Waals surface area contributed by atoms with Gasteiger partial charge >= 0.3 is 0 Å². The third-order valence-corrected chi connectivity index (χ3v) is 5.09. The molecule has 0 unspecified atom stereocenters. The van der Waals surface area contributed by atoms with Gasteiger partial charge in [-0.2, -0.15) is 11.8 Å².